The van der Waals surface area contributed by atoms with Gasteiger partial charge in [-0.2, -0.15) is 0 Å². The molecular weight excluding hydrogens is 384 g/mol. The van der Waals surface area contributed by atoms with Crippen LogP contribution < -0.4 is 0 Å². The Morgan fingerprint density at radius 2 is 1.81 bits per heavy atom. The standard InChI is InChI=1S/C28H48O3/c1-6-22-25(29)17-20(18-26(22)30)11-12-21-10-8-16-28(5)23(13-14-24(21)28)19(2)9-7-15-27(3,4)31/h11-12,19,22-26,29-31H,6-10,13-18H2,1-5H3/b20-11?,21-12+/t19?,22?,23?,24?,25-,26-,28-/m1/s1. The zero-order valence-corrected chi connectivity index (χ0v) is 20.7. The Morgan fingerprint density at radius 3 is 2.42 bits per heavy atom. The molecule has 31 heavy (non-hydrogen) atoms. The average molecular weight is 433 g/mol. The van der Waals surface area contributed by atoms with E-state index in [0.29, 0.717) is 30.1 Å². The second-order valence-electron chi connectivity index (χ2n) is 12.0. The molecule has 0 spiro atoms. The van der Waals surface area contributed by atoms with Crippen LogP contribution in [0.4, 0.5) is 0 Å². The molecule has 0 saturated heterocycles. The predicted octanol–water partition coefficient (Wildman–Crippen LogP) is 6.17. The lowest BCUT2D eigenvalue weighted by atomic mass is 9.60. The lowest BCUT2D eigenvalue weighted by molar-refractivity contribution is -0.00700. The molecule has 3 unspecified atom stereocenters. The van der Waals surface area contributed by atoms with Crippen LogP contribution in [0.5, 0.6) is 0 Å². The van der Waals surface area contributed by atoms with Gasteiger partial charge in [-0.15, -0.1) is 0 Å². The van der Waals surface area contributed by atoms with Crippen LogP contribution in [0, 0.1) is 29.1 Å². The van der Waals surface area contributed by atoms with Gasteiger partial charge >= 0.3 is 0 Å². The van der Waals surface area contributed by atoms with Crippen molar-refractivity contribution < 1.29 is 15.3 Å². The minimum Gasteiger partial charge on any atom is -0.392 e. The smallest absolute Gasteiger partial charge is 0.0630 e. The van der Waals surface area contributed by atoms with E-state index in [1.807, 2.05) is 13.8 Å². The number of rotatable bonds is 7. The molecule has 3 heteroatoms. The SMILES string of the molecule is CCC1[C@H](O)CC(=C/C=C2\CCC[C@@]3(C)C2CCC3C(C)CCCC(C)(C)O)C[C@H]1O. The summed E-state index contributed by atoms with van der Waals surface area (Å²) in [6, 6.07) is 0. The fourth-order valence-electron chi connectivity index (χ4n) is 7.36. The Hall–Kier alpha value is -0.640. The number of aliphatic hydroxyl groups excluding tert-OH is 2. The van der Waals surface area contributed by atoms with Gasteiger partial charge in [0, 0.05) is 5.92 Å². The summed E-state index contributed by atoms with van der Waals surface area (Å²) in [4.78, 5) is 0. The van der Waals surface area contributed by atoms with Gasteiger partial charge in [0.15, 0.2) is 0 Å². The highest BCUT2D eigenvalue weighted by molar-refractivity contribution is 5.26. The van der Waals surface area contributed by atoms with Crippen molar-refractivity contribution in [1.29, 1.82) is 0 Å². The summed E-state index contributed by atoms with van der Waals surface area (Å²) >= 11 is 0. The molecule has 3 nitrogen and oxygen atoms in total. The molecule has 3 N–H and O–H groups in total. The molecule has 3 rings (SSSR count). The molecule has 3 saturated carbocycles. The molecular formula is C28H48O3. The molecule has 0 aromatic carbocycles. The van der Waals surface area contributed by atoms with Gasteiger partial charge in [-0.05, 0) is 94.8 Å². The molecule has 6 atom stereocenters. The number of fused-ring (bicyclic) bond motifs is 1. The van der Waals surface area contributed by atoms with Crippen LogP contribution in [0.1, 0.15) is 105 Å². The molecule has 178 valence electrons. The molecule has 0 aromatic rings. The third-order valence-corrected chi connectivity index (χ3v) is 9.11. The maximum atomic E-state index is 10.4. The van der Waals surface area contributed by atoms with Gasteiger partial charge in [0.2, 0.25) is 0 Å². The number of hydrogen-bond donors (Lipinski definition) is 3. The Kier molecular flexibility index (Phi) is 8.14. The molecule has 0 heterocycles. The summed E-state index contributed by atoms with van der Waals surface area (Å²) in [5.74, 6) is 2.20. The molecule has 3 aliphatic carbocycles. The van der Waals surface area contributed by atoms with E-state index in [-0.39, 0.29) is 5.92 Å². The Morgan fingerprint density at radius 1 is 1.13 bits per heavy atom. The van der Waals surface area contributed by atoms with Crippen molar-refractivity contribution in [3.63, 3.8) is 0 Å². The molecule has 3 aliphatic rings. The average Bonchev–Trinajstić information content (AvgIpc) is 3.02. The van der Waals surface area contributed by atoms with Crippen molar-refractivity contribution in [3.05, 3.63) is 23.3 Å². The van der Waals surface area contributed by atoms with Crippen molar-refractivity contribution in [2.75, 3.05) is 0 Å². The fraction of sp³-hybridized carbons (Fsp3) is 0.857. The molecule has 0 aliphatic heterocycles. The minimum atomic E-state index is -0.548. The molecule has 0 aromatic heterocycles. The van der Waals surface area contributed by atoms with Crippen LogP contribution in [0.3, 0.4) is 0 Å². The Bertz CT molecular complexity index is 644. The first-order valence-corrected chi connectivity index (χ1v) is 13.0. The number of aliphatic hydroxyl groups is 3. The summed E-state index contributed by atoms with van der Waals surface area (Å²) < 4.78 is 0. The van der Waals surface area contributed by atoms with Crippen molar-refractivity contribution in [1.82, 2.24) is 0 Å². The lowest BCUT2D eigenvalue weighted by Crippen LogP contribution is -2.36. The minimum absolute atomic E-state index is 0.0243. The zero-order chi connectivity index (χ0) is 22.8. The van der Waals surface area contributed by atoms with Crippen LogP contribution in [-0.4, -0.2) is 33.1 Å². The van der Waals surface area contributed by atoms with Crippen molar-refractivity contribution >= 4 is 0 Å². The Balaban J connectivity index is 1.66. The molecule has 3 fully saturated rings. The largest absolute Gasteiger partial charge is 0.392 e. The maximum Gasteiger partial charge on any atom is 0.0630 e. The second kappa shape index (κ2) is 10.1. The first-order chi connectivity index (χ1) is 14.5. The third kappa shape index (κ3) is 5.84. The summed E-state index contributed by atoms with van der Waals surface area (Å²) in [5, 5.41) is 30.9. The van der Waals surface area contributed by atoms with Gasteiger partial charge in [0.25, 0.3) is 0 Å². The van der Waals surface area contributed by atoms with E-state index in [4.69, 9.17) is 0 Å². The second-order valence-corrected chi connectivity index (χ2v) is 12.0. The topological polar surface area (TPSA) is 60.7 Å². The number of allylic oxidation sites excluding steroid dienone is 3. The summed E-state index contributed by atoms with van der Waals surface area (Å²) in [6.45, 7) is 10.9. The van der Waals surface area contributed by atoms with E-state index in [1.54, 1.807) is 5.57 Å². The van der Waals surface area contributed by atoms with E-state index < -0.39 is 17.8 Å². The summed E-state index contributed by atoms with van der Waals surface area (Å²) in [7, 11) is 0. The van der Waals surface area contributed by atoms with E-state index in [1.165, 1.54) is 44.1 Å². The first-order valence-electron chi connectivity index (χ1n) is 13.0. The molecule has 0 amide bonds. The fourth-order valence-corrected chi connectivity index (χ4v) is 7.36. The van der Waals surface area contributed by atoms with Crippen LogP contribution in [0.15, 0.2) is 23.3 Å². The lowest BCUT2D eigenvalue weighted by Gasteiger charge is -2.44. The highest BCUT2D eigenvalue weighted by Gasteiger charge is 2.50. The van der Waals surface area contributed by atoms with Crippen LogP contribution in [0.25, 0.3) is 0 Å². The monoisotopic (exact) mass is 432 g/mol. The first kappa shape index (κ1) is 25.0. The highest BCUT2D eigenvalue weighted by Crippen LogP contribution is 2.60. The van der Waals surface area contributed by atoms with Crippen LogP contribution >= 0.6 is 0 Å². The predicted molar refractivity (Wildman–Crippen MR) is 129 cm³/mol. The van der Waals surface area contributed by atoms with Gasteiger partial charge in [-0.3, -0.25) is 0 Å². The quantitative estimate of drug-likeness (QED) is 0.450. The summed E-state index contributed by atoms with van der Waals surface area (Å²) in [5.41, 5.74) is 2.66. The van der Waals surface area contributed by atoms with E-state index in [9.17, 15) is 15.3 Å². The normalized spacial score (nSPS) is 38.9. The van der Waals surface area contributed by atoms with Crippen molar-refractivity contribution in [2.45, 2.75) is 123 Å². The van der Waals surface area contributed by atoms with Gasteiger partial charge in [0.05, 0.1) is 17.8 Å². The van der Waals surface area contributed by atoms with Gasteiger partial charge in [-0.25, -0.2) is 0 Å². The van der Waals surface area contributed by atoms with Gasteiger partial charge < -0.3 is 15.3 Å². The maximum absolute atomic E-state index is 10.4. The van der Waals surface area contributed by atoms with E-state index >= 15 is 0 Å². The van der Waals surface area contributed by atoms with Crippen molar-refractivity contribution in [2.24, 2.45) is 29.1 Å². The molecule has 0 radical (unpaired) electrons. The van der Waals surface area contributed by atoms with E-state index in [2.05, 4.69) is 32.9 Å². The summed E-state index contributed by atoms with van der Waals surface area (Å²) in [6.07, 6.45) is 15.7. The molecule has 0 bridgehead atoms. The zero-order valence-electron chi connectivity index (χ0n) is 20.7. The van der Waals surface area contributed by atoms with Crippen molar-refractivity contribution in [3.8, 4) is 0 Å². The third-order valence-electron chi connectivity index (χ3n) is 9.11. The van der Waals surface area contributed by atoms with Gasteiger partial charge in [0.1, 0.15) is 0 Å². The van der Waals surface area contributed by atoms with Gasteiger partial charge in [-0.1, -0.05) is 56.9 Å². The van der Waals surface area contributed by atoms with Crippen LogP contribution in [-0.2, 0) is 0 Å². The van der Waals surface area contributed by atoms with Crippen LogP contribution in [0.2, 0.25) is 0 Å². The Labute approximate surface area is 191 Å². The van der Waals surface area contributed by atoms with E-state index in [0.717, 1.165) is 25.2 Å². The highest BCUT2D eigenvalue weighted by atomic mass is 16.3. The number of hydrogen-bond acceptors (Lipinski definition) is 3.